The Bertz CT molecular complexity index is 964. The highest BCUT2D eigenvalue weighted by Crippen LogP contribution is 2.71. The molecule has 1 N–H and O–H groups in total. The Morgan fingerprint density at radius 3 is 2.55 bits per heavy atom. The number of allylic oxidation sites excluding steroid dienone is 4. The van der Waals surface area contributed by atoms with E-state index < -0.39 is 75.5 Å². The number of rotatable bonds is 4. The fraction of sp³-hybridized carbons (Fsp3) is 0.720. The number of halogens is 3. The molecule has 0 aromatic carbocycles. The third-order valence-electron chi connectivity index (χ3n) is 9.27. The minimum Gasteiger partial charge on any atom is -0.450 e. The van der Waals surface area contributed by atoms with Gasteiger partial charge in [0, 0.05) is 29.1 Å². The van der Waals surface area contributed by atoms with E-state index in [1.165, 1.54) is 19.1 Å². The van der Waals surface area contributed by atoms with Crippen molar-refractivity contribution < 1.29 is 33.0 Å². The number of hydrogen-bond donors (Lipinski definition) is 1. The number of Topliss-reactive ketones (excluding diaryl/α,β-unsaturated/α-hetero) is 1. The average Bonchev–Trinajstić information content (AvgIpc) is 2.98. The zero-order valence-corrected chi connectivity index (χ0v) is 20.1. The summed E-state index contributed by atoms with van der Waals surface area (Å²) in [6.45, 7) is 6.64. The first-order chi connectivity index (χ1) is 15.3. The van der Waals surface area contributed by atoms with Gasteiger partial charge in [-0.15, -0.1) is 11.6 Å². The number of aliphatic hydroxyl groups is 1. The van der Waals surface area contributed by atoms with E-state index in [2.05, 4.69) is 0 Å². The SMILES string of the molecule is CCC(=O)O[C@@]1(C(=O)CCl)C(C)C[C@H]2[C@@H]3CC(F)C4=CC(=O)C=C[C@]4(C)[C@]3(F)C(O)C[C@@]21C. The van der Waals surface area contributed by atoms with Gasteiger partial charge in [0.05, 0.1) is 12.0 Å². The third kappa shape index (κ3) is 2.87. The highest BCUT2D eigenvalue weighted by molar-refractivity contribution is 6.29. The number of carbonyl (C=O) groups excluding carboxylic acids is 3. The molecular formula is C25H31ClF2O5. The first kappa shape index (κ1) is 24.5. The Labute approximate surface area is 197 Å². The molecule has 9 atom stereocenters. The summed E-state index contributed by atoms with van der Waals surface area (Å²) in [5.74, 6) is -3.84. The fourth-order valence-electron chi connectivity index (χ4n) is 7.74. The van der Waals surface area contributed by atoms with Crippen molar-refractivity contribution in [2.45, 2.75) is 76.9 Å². The fourth-order valence-corrected chi connectivity index (χ4v) is 7.94. The van der Waals surface area contributed by atoms with Crippen molar-refractivity contribution >= 4 is 29.1 Å². The second-order valence-electron chi connectivity index (χ2n) is 10.6. The van der Waals surface area contributed by atoms with Crippen LogP contribution < -0.4 is 0 Å². The summed E-state index contributed by atoms with van der Waals surface area (Å²) in [5.41, 5.74) is -6.47. The molecule has 3 saturated carbocycles. The topological polar surface area (TPSA) is 80.7 Å². The van der Waals surface area contributed by atoms with Gasteiger partial charge < -0.3 is 9.84 Å². The van der Waals surface area contributed by atoms with Gasteiger partial charge in [-0.1, -0.05) is 26.8 Å². The average molecular weight is 485 g/mol. The van der Waals surface area contributed by atoms with Crippen molar-refractivity contribution in [2.75, 3.05) is 5.88 Å². The molecule has 182 valence electrons. The Morgan fingerprint density at radius 1 is 1.27 bits per heavy atom. The second kappa shape index (κ2) is 7.70. The van der Waals surface area contributed by atoms with Gasteiger partial charge in [0.15, 0.2) is 22.8 Å². The summed E-state index contributed by atoms with van der Waals surface area (Å²) >= 11 is 5.97. The standard InChI is InChI=1S/C25H31ClF2O5/c1-5-21(32)33-25(20(31)12-26)13(2)8-15-16-10-18(27)17-9-14(29)6-7-22(17,3)24(16,28)19(30)11-23(15,25)4/h6-7,9,13,15-16,18-19,30H,5,8,10-12H2,1-4H3/t13?,15-,16-,18?,19?,22-,23-,24+,25+/m0/s1. The van der Waals surface area contributed by atoms with Crippen LogP contribution in [0.3, 0.4) is 0 Å². The molecule has 0 aromatic heterocycles. The number of carbonyl (C=O) groups is 3. The van der Waals surface area contributed by atoms with Crippen LogP contribution in [0.5, 0.6) is 0 Å². The van der Waals surface area contributed by atoms with Gasteiger partial charge in [0.1, 0.15) is 6.17 Å². The summed E-state index contributed by atoms with van der Waals surface area (Å²) in [4.78, 5) is 37.7. The van der Waals surface area contributed by atoms with Crippen LogP contribution in [0, 0.1) is 28.6 Å². The van der Waals surface area contributed by atoms with Crippen LogP contribution in [0.25, 0.3) is 0 Å². The number of ketones is 2. The zero-order chi connectivity index (χ0) is 24.6. The van der Waals surface area contributed by atoms with Crippen LogP contribution in [0.1, 0.15) is 53.4 Å². The largest absolute Gasteiger partial charge is 0.450 e. The minimum atomic E-state index is -2.25. The van der Waals surface area contributed by atoms with E-state index in [0.29, 0.717) is 6.42 Å². The van der Waals surface area contributed by atoms with Crippen LogP contribution in [-0.2, 0) is 19.1 Å². The lowest BCUT2D eigenvalue weighted by molar-refractivity contribution is -0.230. The summed E-state index contributed by atoms with van der Waals surface area (Å²) in [6, 6.07) is 0. The quantitative estimate of drug-likeness (QED) is 0.481. The van der Waals surface area contributed by atoms with Crippen LogP contribution >= 0.6 is 11.6 Å². The molecule has 8 heteroatoms. The van der Waals surface area contributed by atoms with Crippen molar-refractivity contribution in [1.29, 1.82) is 0 Å². The van der Waals surface area contributed by atoms with Crippen molar-refractivity contribution in [2.24, 2.45) is 28.6 Å². The lowest BCUT2D eigenvalue weighted by Crippen LogP contribution is -2.71. The van der Waals surface area contributed by atoms with E-state index >= 15 is 8.78 Å². The molecule has 0 heterocycles. The van der Waals surface area contributed by atoms with Crippen molar-refractivity contribution in [3.05, 3.63) is 23.8 Å². The highest BCUT2D eigenvalue weighted by atomic mass is 35.5. The Hall–Kier alpha value is -1.60. The summed E-state index contributed by atoms with van der Waals surface area (Å²) in [7, 11) is 0. The monoisotopic (exact) mass is 484 g/mol. The first-order valence-electron chi connectivity index (χ1n) is 11.6. The van der Waals surface area contributed by atoms with E-state index in [-0.39, 0.29) is 24.8 Å². The van der Waals surface area contributed by atoms with Crippen molar-refractivity contribution in [3.63, 3.8) is 0 Å². The Morgan fingerprint density at radius 2 is 1.94 bits per heavy atom. The van der Waals surface area contributed by atoms with Crippen LogP contribution in [0.15, 0.2) is 23.8 Å². The Kier molecular flexibility index (Phi) is 5.73. The van der Waals surface area contributed by atoms with Gasteiger partial charge in [0.2, 0.25) is 0 Å². The van der Waals surface area contributed by atoms with Crippen LogP contribution in [0.2, 0.25) is 0 Å². The van der Waals surface area contributed by atoms with Crippen molar-refractivity contribution in [3.8, 4) is 0 Å². The predicted molar refractivity (Wildman–Crippen MR) is 118 cm³/mol. The van der Waals surface area contributed by atoms with E-state index in [9.17, 15) is 19.5 Å². The van der Waals surface area contributed by atoms with Gasteiger partial charge in [-0.2, -0.15) is 0 Å². The third-order valence-corrected chi connectivity index (χ3v) is 9.51. The molecule has 0 aliphatic heterocycles. The van der Waals surface area contributed by atoms with Crippen molar-refractivity contribution in [1.82, 2.24) is 0 Å². The van der Waals surface area contributed by atoms with E-state index in [1.54, 1.807) is 20.8 Å². The summed E-state index contributed by atoms with van der Waals surface area (Å²) < 4.78 is 38.5. The van der Waals surface area contributed by atoms with E-state index in [0.717, 1.165) is 6.08 Å². The zero-order valence-electron chi connectivity index (χ0n) is 19.4. The smallest absolute Gasteiger partial charge is 0.306 e. The molecule has 0 saturated heterocycles. The van der Waals surface area contributed by atoms with E-state index in [1.807, 2.05) is 0 Å². The molecule has 4 rings (SSSR count). The van der Waals surface area contributed by atoms with Crippen LogP contribution in [0.4, 0.5) is 8.78 Å². The normalized spacial score (nSPS) is 48.4. The van der Waals surface area contributed by atoms with Gasteiger partial charge in [-0.25, -0.2) is 8.78 Å². The molecule has 4 aliphatic rings. The number of esters is 1. The maximum atomic E-state index is 17.2. The molecule has 33 heavy (non-hydrogen) atoms. The second-order valence-corrected chi connectivity index (χ2v) is 10.9. The van der Waals surface area contributed by atoms with Gasteiger partial charge in [-0.05, 0) is 49.8 Å². The number of fused-ring (bicyclic) bond motifs is 5. The predicted octanol–water partition coefficient (Wildman–Crippen LogP) is 4.05. The lowest BCUT2D eigenvalue weighted by atomic mass is 9.44. The highest BCUT2D eigenvalue weighted by Gasteiger charge is 2.77. The maximum Gasteiger partial charge on any atom is 0.306 e. The maximum absolute atomic E-state index is 17.2. The molecule has 0 spiro atoms. The van der Waals surface area contributed by atoms with E-state index in [4.69, 9.17) is 16.3 Å². The molecule has 0 bridgehead atoms. The van der Waals surface area contributed by atoms with Crippen LogP contribution in [-0.4, -0.2) is 52.1 Å². The Balaban J connectivity index is 1.88. The number of alkyl halides is 3. The summed E-state index contributed by atoms with van der Waals surface area (Å²) in [6.07, 6.45) is 0.584. The molecule has 0 amide bonds. The lowest BCUT2D eigenvalue weighted by Gasteiger charge is -2.63. The molecular weight excluding hydrogens is 454 g/mol. The molecule has 3 fully saturated rings. The molecule has 3 unspecified atom stereocenters. The number of hydrogen-bond acceptors (Lipinski definition) is 5. The molecule has 0 radical (unpaired) electrons. The first-order valence-corrected chi connectivity index (χ1v) is 12.1. The number of ether oxygens (including phenoxy) is 1. The molecule has 5 nitrogen and oxygen atoms in total. The molecule has 4 aliphatic carbocycles. The van der Waals surface area contributed by atoms with Gasteiger partial charge >= 0.3 is 5.97 Å². The van der Waals surface area contributed by atoms with Gasteiger partial charge in [-0.3, -0.25) is 14.4 Å². The van der Waals surface area contributed by atoms with Gasteiger partial charge in [0.25, 0.3) is 0 Å². The minimum absolute atomic E-state index is 0.0431. The number of aliphatic hydroxyl groups excluding tert-OH is 1. The molecule has 0 aromatic rings. The summed E-state index contributed by atoms with van der Waals surface area (Å²) in [5, 5.41) is 11.4.